The molecule has 10 heteroatoms. The minimum atomic E-state index is -0.203. The lowest BCUT2D eigenvalue weighted by Gasteiger charge is -2.34. The van der Waals surface area contributed by atoms with E-state index in [1.807, 2.05) is 36.4 Å². The highest BCUT2D eigenvalue weighted by atomic mass is 16.1. The smallest absolute Gasteiger partial charge is 0.277 e. The number of rotatable bonds is 4. The molecule has 10 nitrogen and oxygen atoms in total. The minimum Gasteiger partial charge on any atom is -0.369 e. The maximum absolute atomic E-state index is 12.0. The molecule has 4 aromatic rings. The van der Waals surface area contributed by atoms with Gasteiger partial charge in [0.1, 0.15) is 12.1 Å². The number of anilines is 2. The Kier molecular flexibility index (Phi) is 9.11. The van der Waals surface area contributed by atoms with Gasteiger partial charge in [0.15, 0.2) is 11.2 Å². The summed E-state index contributed by atoms with van der Waals surface area (Å²) in [6.45, 7) is 8.56. The van der Waals surface area contributed by atoms with Crippen LogP contribution < -0.4 is 15.4 Å². The van der Waals surface area contributed by atoms with Gasteiger partial charge in [-0.15, -0.1) is 0 Å². The molecule has 0 saturated carbocycles. The molecule has 2 saturated heterocycles. The van der Waals surface area contributed by atoms with Crippen molar-refractivity contribution in [3.63, 3.8) is 0 Å². The number of imidazole rings is 1. The number of hydrogen-bond acceptors (Lipinski definition) is 8. The van der Waals surface area contributed by atoms with Crippen LogP contribution in [0.2, 0.25) is 0 Å². The number of benzene rings is 2. The van der Waals surface area contributed by atoms with Crippen molar-refractivity contribution in [2.75, 3.05) is 76.3 Å². The van der Waals surface area contributed by atoms with E-state index in [9.17, 15) is 9.59 Å². The van der Waals surface area contributed by atoms with Crippen LogP contribution in [-0.4, -0.2) is 102 Å². The molecule has 6 rings (SSSR count). The van der Waals surface area contributed by atoms with Crippen molar-refractivity contribution in [3.05, 3.63) is 70.8 Å². The number of aldehydes is 1. The first-order chi connectivity index (χ1) is 18.5. The molecule has 2 aromatic carbocycles. The van der Waals surface area contributed by atoms with Crippen LogP contribution in [0, 0.1) is 0 Å². The first-order valence-corrected chi connectivity index (χ1v) is 13.0. The van der Waals surface area contributed by atoms with E-state index in [0.717, 1.165) is 69.8 Å². The predicted molar refractivity (Wildman–Crippen MR) is 158 cm³/mol. The molecule has 0 unspecified atom stereocenters. The molecular formula is C29H38N8O2. The largest absolute Gasteiger partial charge is 0.369 e. The van der Waals surface area contributed by atoms with Crippen LogP contribution in [0.15, 0.2) is 59.7 Å². The normalized spacial score (nSPS) is 16.4. The summed E-state index contributed by atoms with van der Waals surface area (Å²) in [6, 6.07) is 15.9. The zero-order valence-corrected chi connectivity index (χ0v) is 21.9. The van der Waals surface area contributed by atoms with Crippen LogP contribution in [-0.2, 0) is 0 Å². The second-order valence-corrected chi connectivity index (χ2v) is 9.85. The van der Waals surface area contributed by atoms with E-state index in [4.69, 9.17) is 0 Å². The Hall–Kier alpha value is -4.02. The fraction of sp³-hybridized carbons (Fsp3) is 0.379. The van der Waals surface area contributed by atoms with Crippen molar-refractivity contribution >= 4 is 28.8 Å². The van der Waals surface area contributed by atoms with Gasteiger partial charge in [-0.2, -0.15) is 0 Å². The Morgan fingerprint density at radius 1 is 0.769 bits per heavy atom. The van der Waals surface area contributed by atoms with E-state index >= 15 is 0 Å². The molecule has 206 valence electrons. The van der Waals surface area contributed by atoms with Gasteiger partial charge >= 0.3 is 0 Å². The molecule has 2 aliphatic rings. The van der Waals surface area contributed by atoms with Crippen molar-refractivity contribution in [2.45, 2.75) is 7.43 Å². The van der Waals surface area contributed by atoms with Gasteiger partial charge in [-0.3, -0.25) is 9.59 Å². The summed E-state index contributed by atoms with van der Waals surface area (Å²) in [6.07, 6.45) is 2.36. The Balaban J connectivity index is 0.000000192. The third kappa shape index (κ3) is 6.71. The molecule has 0 aliphatic carbocycles. The minimum absolute atomic E-state index is 0. The van der Waals surface area contributed by atoms with Crippen LogP contribution in [0.4, 0.5) is 11.4 Å². The fourth-order valence-electron chi connectivity index (χ4n) is 4.70. The number of nitrogens with one attached hydrogen (secondary N) is 2. The van der Waals surface area contributed by atoms with E-state index in [1.54, 1.807) is 0 Å². The number of aromatic amines is 2. The number of carbonyl (C=O) groups is 1. The summed E-state index contributed by atoms with van der Waals surface area (Å²) >= 11 is 0. The maximum atomic E-state index is 12.0. The third-order valence-corrected chi connectivity index (χ3v) is 7.20. The molecule has 4 heterocycles. The number of likely N-dealkylation sites (N-methyl/N-ethyl adjacent to an activating group) is 2. The average molecular weight is 531 g/mol. The highest BCUT2D eigenvalue weighted by molar-refractivity contribution is 5.75. The molecule has 0 spiro atoms. The second kappa shape index (κ2) is 12.7. The molecule has 2 aliphatic heterocycles. The summed E-state index contributed by atoms with van der Waals surface area (Å²) in [5, 5.41) is 0. The fourth-order valence-corrected chi connectivity index (χ4v) is 4.70. The van der Waals surface area contributed by atoms with Crippen LogP contribution in [0.1, 0.15) is 17.8 Å². The Morgan fingerprint density at radius 3 is 1.79 bits per heavy atom. The van der Waals surface area contributed by atoms with Crippen LogP contribution in [0.25, 0.3) is 22.6 Å². The molecule has 0 amide bonds. The Bertz CT molecular complexity index is 1400. The van der Waals surface area contributed by atoms with Crippen molar-refractivity contribution in [1.29, 1.82) is 0 Å². The number of piperazine rings is 2. The zero-order chi connectivity index (χ0) is 26.5. The van der Waals surface area contributed by atoms with Gasteiger partial charge in [-0.25, -0.2) is 9.97 Å². The summed E-state index contributed by atoms with van der Waals surface area (Å²) in [7, 11) is 4.29. The highest BCUT2D eigenvalue weighted by Crippen LogP contribution is 2.22. The number of carbonyl (C=O) groups excluding carboxylic acids is 1. The van der Waals surface area contributed by atoms with E-state index in [1.165, 1.54) is 17.7 Å². The number of H-pyrrole nitrogens is 2. The second-order valence-electron chi connectivity index (χ2n) is 9.85. The first kappa shape index (κ1) is 28.0. The summed E-state index contributed by atoms with van der Waals surface area (Å²) in [5.41, 5.74) is 4.68. The highest BCUT2D eigenvalue weighted by Gasteiger charge is 2.15. The van der Waals surface area contributed by atoms with Crippen LogP contribution in [0.5, 0.6) is 0 Å². The lowest BCUT2D eigenvalue weighted by Crippen LogP contribution is -2.44. The van der Waals surface area contributed by atoms with E-state index in [-0.39, 0.29) is 13.0 Å². The van der Waals surface area contributed by atoms with Crippen molar-refractivity contribution in [2.24, 2.45) is 0 Å². The Morgan fingerprint density at radius 2 is 1.28 bits per heavy atom. The first-order valence-electron chi connectivity index (χ1n) is 13.0. The quantitative estimate of drug-likeness (QED) is 0.388. The molecule has 0 atom stereocenters. The van der Waals surface area contributed by atoms with Gasteiger partial charge < -0.3 is 29.6 Å². The molecule has 2 aromatic heterocycles. The summed E-state index contributed by atoms with van der Waals surface area (Å²) in [5.74, 6) is 0.541. The molecule has 0 radical (unpaired) electrons. The van der Waals surface area contributed by atoms with Crippen LogP contribution in [0.3, 0.4) is 0 Å². The molecule has 0 bridgehead atoms. The number of hydrogen-bond donors (Lipinski definition) is 2. The maximum Gasteiger partial charge on any atom is 0.277 e. The summed E-state index contributed by atoms with van der Waals surface area (Å²) < 4.78 is 0. The van der Waals surface area contributed by atoms with E-state index < -0.39 is 0 Å². The third-order valence-electron chi connectivity index (χ3n) is 7.20. The predicted octanol–water partition coefficient (Wildman–Crippen LogP) is 2.95. The topological polar surface area (TPSA) is 104 Å². The Labute approximate surface area is 229 Å². The van der Waals surface area contributed by atoms with Crippen LogP contribution >= 0.6 is 0 Å². The SMILES string of the molecule is C.CN1CCN(c2ccc(-c3nc4nc[nH]c4c(=O)[nH]3)cc2)CC1.CN1CCN(c2ccc(C=O)cc2)CC1. The number of nitrogens with zero attached hydrogens (tertiary/aromatic N) is 6. The van der Waals surface area contributed by atoms with Crippen molar-refractivity contribution in [1.82, 2.24) is 29.7 Å². The lowest BCUT2D eigenvalue weighted by atomic mass is 10.1. The van der Waals surface area contributed by atoms with Gasteiger partial charge in [0, 0.05) is 74.9 Å². The zero-order valence-electron chi connectivity index (χ0n) is 21.9. The number of aromatic nitrogens is 4. The van der Waals surface area contributed by atoms with Gasteiger partial charge in [0.05, 0.1) is 6.33 Å². The molecule has 2 N–H and O–H groups in total. The van der Waals surface area contributed by atoms with Crippen molar-refractivity contribution < 1.29 is 4.79 Å². The monoisotopic (exact) mass is 530 g/mol. The molecule has 39 heavy (non-hydrogen) atoms. The molecular weight excluding hydrogens is 492 g/mol. The average Bonchev–Trinajstić information content (AvgIpc) is 3.44. The van der Waals surface area contributed by atoms with Gasteiger partial charge in [-0.1, -0.05) is 7.43 Å². The van der Waals surface area contributed by atoms with Gasteiger partial charge in [0.25, 0.3) is 5.56 Å². The van der Waals surface area contributed by atoms with E-state index in [0.29, 0.717) is 17.0 Å². The molecule has 2 fully saturated rings. The summed E-state index contributed by atoms with van der Waals surface area (Å²) in [4.78, 5) is 46.0. The van der Waals surface area contributed by atoms with Crippen molar-refractivity contribution in [3.8, 4) is 11.4 Å². The number of fused-ring (bicyclic) bond motifs is 1. The van der Waals surface area contributed by atoms with Gasteiger partial charge in [0.2, 0.25) is 0 Å². The van der Waals surface area contributed by atoms with E-state index in [2.05, 4.69) is 65.8 Å². The van der Waals surface area contributed by atoms with Gasteiger partial charge in [-0.05, 0) is 62.6 Å². The lowest BCUT2D eigenvalue weighted by molar-refractivity contribution is 0.112. The standard InChI is InChI=1S/C16H18N6O.C12H16N2O.CH4/c1-21-6-8-22(9-7-21)12-4-2-11(3-5-12)14-19-15-13(16(23)20-14)17-10-18-15;1-13-6-8-14(9-7-13)12-4-2-11(10-15)3-5-12;/h2-5,10H,6-9H2,1H3,(H2,17,18,19,20,23);2-5,10H,6-9H2,1H3;1H4.